The zero-order chi connectivity index (χ0) is 15.4. The SMILES string of the molecule is CCNC(c1ccc(C)c(Br)c1)c1ccc(OC)c(Br)c1. The summed E-state index contributed by atoms with van der Waals surface area (Å²) in [5.74, 6) is 0.846. The third-order valence-electron chi connectivity index (χ3n) is 3.45. The summed E-state index contributed by atoms with van der Waals surface area (Å²) in [4.78, 5) is 0. The number of benzene rings is 2. The molecule has 21 heavy (non-hydrogen) atoms. The number of methoxy groups -OCH3 is 1. The lowest BCUT2D eigenvalue weighted by molar-refractivity contribution is 0.412. The Hall–Kier alpha value is -0.840. The van der Waals surface area contributed by atoms with Crippen LogP contribution in [0.5, 0.6) is 5.75 Å². The van der Waals surface area contributed by atoms with Crippen LogP contribution in [0.15, 0.2) is 45.3 Å². The Labute approximate surface area is 143 Å². The van der Waals surface area contributed by atoms with Crippen LogP contribution in [-0.2, 0) is 0 Å². The Balaban J connectivity index is 2.42. The Morgan fingerprint density at radius 2 is 1.67 bits per heavy atom. The van der Waals surface area contributed by atoms with Gasteiger partial charge in [0.2, 0.25) is 0 Å². The van der Waals surface area contributed by atoms with Crippen LogP contribution < -0.4 is 10.1 Å². The number of nitrogens with one attached hydrogen (secondary N) is 1. The summed E-state index contributed by atoms with van der Waals surface area (Å²) in [5, 5.41) is 3.54. The zero-order valence-electron chi connectivity index (χ0n) is 12.4. The van der Waals surface area contributed by atoms with Gasteiger partial charge in [0.25, 0.3) is 0 Å². The van der Waals surface area contributed by atoms with Crippen molar-refractivity contribution in [3.05, 3.63) is 62.0 Å². The molecule has 0 bridgehead atoms. The molecule has 0 aliphatic rings. The van der Waals surface area contributed by atoms with Crippen LogP contribution in [0, 0.1) is 6.92 Å². The molecule has 0 aliphatic carbocycles. The summed E-state index contributed by atoms with van der Waals surface area (Å²) >= 11 is 7.18. The molecule has 0 fully saturated rings. The second-order valence-corrected chi connectivity index (χ2v) is 6.60. The van der Waals surface area contributed by atoms with Gasteiger partial charge in [0.05, 0.1) is 17.6 Å². The van der Waals surface area contributed by atoms with Crippen LogP contribution in [0.25, 0.3) is 0 Å². The third-order valence-corrected chi connectivity index (χ3v) is 4.92. The summed E-state index contributed by atoms with van der Waals surface area (Å²) in [7, 11) is 1.68. The average Bonchev–Trinajstić information content (AvgIpc) is 2.48. The van der Waals surface area contributed by atoms with Gasteiger partial charge in [-0.25, -0.2) is 0 Å². The molecule has 0 saturated heterocycles. The monoisotopic (exact) mass is 411 g/mol. The molecule has 0 radical (unpaired) electrons. The average molecular weight is 413 g/mol. The van der Waals surface area contributed by atoms with Gasteiger partial charge in [-0.2, -0.15) is 0 Å². The number of rotatable bonds is 5. The molecule has 0 spiro atoms. The first kappa shape index (κ1) is 16.5. The van der Waals surface area contributed by atoms with Gasteiger partial charge >= 0.3 is 0 Å². The Bertz CT molecular complexity index is 628. The van der Waals surface area contributed by atoms with Gasteiger partial charge in [-0.05, 0) is 64.3 Å². The highest BCUT2D eigenvalue weighted by Gasteiger charge is 2.15. The highest BCUT2D eigenvalue weighted by Crippen LogP contribution is 2.32. The van der Waals surface area contributed by atoms with E-state index < -0.39 is 0 Å². The van der Waals surface area contributed by atoms with Gasteiger partial charge in [0.15, 0.2) is 0 Å². The second-order valence-electron chi connectivity index (χ2n) is 4.89. The van der Waals surface area contributed by atoms with E-state index in [-0.39, 0.29) is 6.04 Å². The number of hydrogen-bond donors (Lipinski definition) is 1. The van der Waals surface area contributed by atoms with Crippen LogP contribution in [0.4, 0.5) is 0 Å². The molecule has 1 atom stereocenters. The van der Waals surface area contributed by atoms with E-state index in [0.29, 0.717) is 0 Å². The maximum absolute atomic E-state index is 5.31. The molecular formula is C17H19Br2NO. The lowest BCUT2D eigenvalue weighted by Gasteiger charge is -2.20. The van der Waals surface area contributed by atoms with Crippen molar-refractivity contribution in [1.82, 2.24) is 5.32 Å². The maximum Gasteiger partial charge on any atom is 0.133 e. The van der Waals surface area contributed by atoms with Crippen molar-refractivity contribution in [3.63, 3.8) is 0 Å². The van der Waals surface area contributed by atoms with E-state index in [1.807, 2.05) is 6.07 Å². The predicted octanol–water partition coefficient (Wildman–Crippen LogP) is 5.23. The Morgan fingerprint density at radius 3 is 2.19 bits per heavy atom. The largest absolute Gasteiger partial charge is 0.496 e. The van der Waals surface area contributed by atoms with Crippen LogP contribution >= 0.6 is 31.9 Å². The summed E-state index contributed by atoms with van der Waals surface area (Å²) < 4.78 is 7.41. The van der Waals surface area contributed by atoms with Crippen LogP contribution in [0.1, 0.15) is 29.7 Å². The molecule has 4 heteroatoms. The highest BCUT2D eigenvalue weighted by atomic mass is 79.9. The molecule has 1 N–H and O–H groups in total. The standard InChI is InChI=1S/C17H19Br2NO/c1-4-20-17(12-6-5-11(2)14(18)9-12)13-7-8-16(21-3)15(19)10-13/h5-10,17,20H,4H2,1-3H3. The molecule has 2 rings (SSSR count). The van der Waals surface area contributed by atoms with Crippen molar-refractivity contribution < 1.29 is 4.74 Å². The molecule has 0 aliphatic heterocycles. The zero-order valence-corrected chi connectivity index (χ0v) is 15.6. The van der Waals surface area contributed by atoms with Gasteiger partial charge < -0.3 is 10.1 Å². The first-order valence-corrected chi connectivity index (χ1v) is 8.48. The van der Waals surface area contributed by atoms with E-state index in [2.05, 4.69) is 81.4 Å². The molecule has 2 aromatic rings. The Morgan fingerprint density at radius 1 is 1.05 bits per heavy atom. The quantitative estimate of drug-likeness (QED) is 0.725. The molecule has 0 aromatic heterocycles. The lowest BCUT2D eigenvalue weighted by atomic mass is 9.97. The molecule has 1 unspecified atom stereocenters. The fraction of sp³-hybridized carbons (Fsp3) is 0.294. The minimum Gasteiger partial charge on any atom is -0.496 e. The van der Waals surface area contributed by atoms with Gasteiger partial charge in [-0.3, -0.25) is 0 Å². The summed E-state index contributed by atoms with van der Waals surface area (Å²) in [5.41, 5.74) is 3.69. The maximum atomic E-state index is 5.31. The second kappa shape index (κ2) is 7.43. The molecule has 0 saturated carbocycles. The van der Waals surface area contributed by atoms with E-state index in [1.54, 1.807) is 7.11 Å². The highest BCUT2D eigenvalue weighted by molar-refractivity contribution is 9.10. The summed E-state index contributed by atoms with van der Waals surface area (Å²) in [6.45, 7) is 5.12. The summed E-state index contributed by atoms with van der Waals surface area (Å²) in [6, 6.07) is 12.9. The molecule has 2 nitrogen and oxygen atoms in total. The minimum absolute atomic E-state index is 0.161. The predicted molar refractivity (Wildman–Crippen MR) is 95.1 cm³/mol. The number of hydrogen-bond acceptors (Lipinski definition) is 2. The minimum atomic E-state index is 0.161. The van der Waals surface area contributed by atoms with E-state index in [0.717, 1.165) is 21.2 Å². The fourth-order valence-electron chi connectivity index (χ4n) is 2.28. The van der Waals surface area contributed by atoms with Gasteiger partial charge in [0.1, 0.15) is 5.75 Å². The van der Waals surface area contributed by atoms with Crippen LogP contribution in [0.3, 0.4) is 0 Å². The van der Waals surface area contributed by atoms with Crippen molar-refractivity contribution in [2.75, 3.05) is 13.7 Å². The fourth-order valence-corrected chi connectivity index (χ4v) is 3.24. The van der Waals surface area contributed by atoms with E-state index in [4.69, 9.17) is 4.74 Å². The van der Waals surface area contributed by atoms with Gasteiger partial charge in [-0.1, -0.05) is 41.1 Å². The van der Waals surface area contributed by atoms with Gasteiger partial charge in [-0.15, -0.1) is 0 Å². The topological polar surface area (TPSA) is 21.3 Å². The number of halogens is 2. The van der Waals surface area contributed by atoms with Crippen molar-refractivity contribution in [2.45, 2.75) is 19.9 Å². The Kier molecular flexibility index (Phi) is 5.85. The van der Waals surface area contributed by atoms with Crippen molar-refractivity contribution in [3.8, 4) is 5.75 Å². The first-order valence-electron chi connectivity index (χ1n) is 6.89. The number of ether oxygens (including phenoxy) is 1. The molecular weight excluding hydrogens is 394 g/mol. The molecule has 0 heterocycles. The smallest absolute Gasteiger partial charge is 0.133 e. The van der Waals surface area contributed by atoms with Crippen molar-refractivity contribution in [2.24, 2.45) is 0 Å². The lowest BCUT2D eigenvalue weighted by Crippen LogP contribution is -2.22. The van der Waals surface area contributed by atoms with Crippen molar-refractivity contribution >= 4 is 31.9 Å². The van der Waals surface area contributed by atoms with Crippen LogP contribution in [-0.4, -0.2) is 13.7 Å². The van der Waals surface area contributed by atoms with Crippen LogP contribution in [0.2, 0.25) is 0 Å². The molecule has 2 aromatic carbocycles. The number of aryl methyl sites for hydroxylation is 1. The molecule has 0 amide bonds. The third kappa shape index (κ3) is 3.87. The van der Waals surface area contributed by atoms with E-state index in [9.17, 15) is 0 Å². The van der Waals surface area contributed by atoms with E-state index >= 15 is 0 Å². The van der Waals surface area contributed by atoms with Crippen molar-refractivity contribution in [1.29, 1.82) is 0 Å². The van der Waals surface area contributed by atoms with E-state index in [1.165, 1.54) is 16.7 Å². The molecule has 112 valence electrons. The normalized spacial score (nSPS) is 12.2. The first-order chi connectivity index (χ1) is 10.1. The summed E-state index contributed by atoms with van der Waals surface area (Å²) in [6.07, 6.45) is 0. The van der Waals surface area contributed by atoms with Gasteiger partial charge in [0, 0.05) is 4.47 Å².